The highest BCUT2D eigenvalue weighted by molar-refractivity contribution is 5.68. The molecule has 0 spiro atoms. The number of rotatable bonds is 4. The maximum absolute atomic E-state index is 12.1. The van der Waals surface area contributed by atoms with Crippen molar-refractivity contribution in [3.05, 3.63) is 0 Å². The molecule has 1 fully saturated rings. The summed E-state index contributed by atoms with van der Waals surface area (Å²) in [5.41, 5.74) is -0.418. The van der Waals surface area contributed by atoms with Crippen molar-refractivity contribution >= 4 is 6.09 Å². The molecular formula is C14H27NO3. The molecule has 1 rings (SSSR count). The molecule has 0 aromatic carbocycles. The summed E-state index contributed by atoms with van der Waals surface area (Å²) in [4.78, 5) is 14.0. The Balaban J connectivity index is 2.50. The van der Waals surface area contributed by atoms with Crippen molar-refractivity contribution in [2.75, 3.05) is 19.8 Å². The average Bonchev–Trinajstić information content (AvgIpc) is 2.27. The molecule has 0 radical (unpaired) electrons. The number of carbonyl (C=O) groups excluding carboxylic acids is 1. The van der Waals surface area contributed by atoms with Crippen LogP contribution in [-0.2, 0) is 9.47 Å². The van der Waals surface area contributed by atoms with Gasteiger partial charge in [0.2, 0.25) is 0 Å². The van der Waals surface area contributed by atoms with Crippen LogP contribution in [0.3, 0.4) is 0 Å². The van der Waals surface area contributed by atoms with Crippen LogP contribution in [-0.4, -0.2) is 42.4 Å². The van der Waals surface area contributed by atoms with E-state index in [1.807, 2.05) is 32.6 Å². The highest BCUT2D eigenvalue weighted by Crippen LogP contribution is 2.22. The molecule has 0 saturated carbocycles. The van der Waals surface area contributed by atoms with E-state index in [0.717, 1.165) is 39.0 Å². The van der Waals surface area contributed by atoms with Crippen LogP contribution in [0.15, 0.2) is 0 Å². The lowest BCUT2D eigenvalue weighted by atomic mass is 10.0. The Labute approximate surface area is 111 Å². The van der Waals surface area contributed by atoms with E-state index >= 15 is 0 Å². The van der Waals surface area contributed by atoms with Gasteiger partial charge in [-0.1, -0.05) is 0 Å². The standard InChI is InChI=1S/C14H27NO3/c1-5-17-11-9-12-8-6-7-10-15(12)13(16)18-14(2,3)4/h12H,5-11H2,1-4H3. The van der Waals surface area contributed by atoms with E-state index in [1.165, 1.54) is 6.42 Å². The van der Waals surface area contributed by atoms with Gasteiger partial charge in [-0.25, -0.2) is 4.79 Å². The van der Waals surface area contributed by atoms with E-state index < -0.39 is 5.60 Å². The normalized spacial score (nSPS) is 20.9. The zero-order valence-electron chi connectivity index (χ0n) is 12.2. The predicted octanol–water partition coefficient (Wildman–Crippen LogP) is 3.20. The van der Waals surface area contributed by atoms with Crippen LogP contribution in [0.2, 0.25) is 0 Å². The third kappa shape index (κ3) is 5.25. The average molecular weight is 257 g/mol. The van der Waals surface area contributed by atoms with E-state index in [4.69, 9.17) is 9.47 Å². The lowest BCUT2D eigenvalue weighted by Crippen LogP contribution is -2.46. The van der Waals surface area contributed by atoms with E-state index in [9.17, 15) is 4.79 Å². The zero-order chi connectivity index (χ0) is 13.6. The summed E-state index contributed by atoms with van der Waals surface area (Å²) in [7, 11) is 0. The summed E-state index contributed by atoms with van der Waals surface area (Å²) in [6.07, 6.45) is 4.06. The van der Waals surface area contributed by atoms with Crippen LogP contribution in [0.1, 0.15) is 53.4 Å². The summed E-state index contributed by atoms with van der Waals surface area (Å²) >= 11 is 0. The van der Waals surface area contributed by atoms with Gasteiger partial charge >= 0.3 is 6.09 Å². The van der Waals surface area contributed by atoms with Gasteiger partial charge in [0.15, 0.2) is 0 Å². The molecule has 0 N–H and O–H groups in total. The summed E-state index contributed by atoms with van der Waals surface area (Å²) in [6.45, 7) is 9.98. The minimum absolute atomic E-state index is 0.177. The molecule has 1 amide bonds. The fourth-order valence-corrected chi connectivity index (χ4v) is 2.23. The fourth-order valence-electron chi connectivity index (χ4n) is 2.23. The van der Waals surface area contributed by atoms with Crippen LogP contribution < -0.4 is 0 Å². The maximum atomic E-state index is 12.1. The molecule has 1 unspecified atom stereocenters. The SMILES string of the molecule is CCOCCC1CCCCN1C(=O)OC(C)(C)C. The second-order valence-corrected chi connectivity index (χ2v) is 5.81. The Morgan fingerprint density at radius 2 is 2.06 bits per heavy atom. The van der Waals surface area contributed by atoms with Gasteiger partial charge in [-0.15, -0.1) is 0 Å². The number of amides is 1. The van der Waals surface area contributed by atoms with Crippen molar-refractivity contribution < 1.29 is 14.3 Å². The summed E-state index contributed by atoms with van der Waals surface area (Å²) in [6, 6.07) is 0.278. The third-order valence-electron chi connectivity index (χ3n) is 3.05. The first-order chi connectivity index (χ1) is 8.44. The van der Waals surface area contributed by atoms with Gasteiger partial charge in [-0.2, -0.15) is 0 Å². The molecular weight excluding hydrogens is 230 g/mol. The van der Waals surface area contributed by atoms with Gasteiger partial charge in [0.05, 0.1) is 0 Å². The van der Waals surface area contributed by atoms with Crippen LogP contribution in [0, 0.1) is 0 Å². The van der Waals surface area contributed by atoms with E-state index in [0.29, 0.717) is 0 Å². The molecule has 0 aromatic rings. The highest BCUT2D eigenvalue weighted by atomic mass is 16.6. The van der Waals surface area contributed by atoms with Gasteiger partial charge in [0.1, 0.15) is 5.60 Å². The van der Waals surface area contributed by atoms with Crippen LogP contribution in [0.25, 0.3) is 0 Å². The molecule has 1 heterocycles. The molecule has 1 aliphatic heterocycles. The molecule has 0 bridgehead atoms. The van der Waals surface area contributed by atoms with E-state index in [-0.39, 0.29) is 12.1 Å². The van der Waals surface area contributed by atoms with Crippen LogP contribution in [0.4, 0.5) is 4.79 Å². The minimum Gasteiger partial charge on any atom is -0.444 e. The molecule has 4 nitrogen and oxygen atoms in total. The van der Waals surface area contributed by atoms with Gasteiger partial charge < -0.3 is 14.4 Å². The predicted molar refractivity (Wildman–Crippen MR) is 71.7 cm³/mol. The first kappa shape index (κ1) is 15.3. The van der Waals surface area contributed by atoms with Gasteiger partial charge in [-0.3, -0.25) is 0 Å². The molecule has 4 heteroatoms. The Kier molecular flexibility index (Phi) is 5.93. The molecule has 0 aliphatic carbocycles. The summed E-state index contributed by atoms with van der Waals surface area (Å²) in [5, 5.41) is 0. The minimum atomic E-state index is -0.418. The van der Waals surface area contributed by atoms with Crippen molar-refractivity contribution in [3.63, 3.8) is 0 Å². The van der Waals surface area contributed by atoms with Crippen molar-refractivity contribution in [2.45, 2.75) is 65.0 Å². The Bertz CT molecular complexity index is 260. The second kappa shape index (κ2) is 6.98. The van der Waals surface area contributed by atoms with E-state index in [2.05, 4.69) is 0 Å². The van der Waals surface area contributed by atoms with Crippen LogP contribution >= 0.6 is 0 Å². The Hall–Kier alpha value is -0.770. The molecule has 0 aromatic heterocycles. The monoisotopic (exact) mass is 257 g/mol. The molecule has 1 atom stereocenters. The summed E-state index contributed by atoms with van der Waals surface area (Å²) < 4.78 is 10.8. The molecule has 1 saturated heterocycles. The number of piperidine rings is 1. The quantitative estimate of drug-likeness (QED) is 0.726. The van der Waals surface area contributed by atoms with Gasteiger partial charge in [0.25, 0.3) is 0 Å². The lowest BCUT2D eigenvalue weighted by molar-refractivity contribution is 0.00486. The Morgan fingerprint density at radius 3 is 2.67 bits per heavy atom. The van der Waals surface area contributed by atoms with Crippen molar-refractivity contribution in [3.8, 4) is 0 Å². The number of likely N-dealkylation sites (tertiary alicyclic amines) is 1. The molecule has 1 aliphatic rings. The smallest absolute Gasteiger partial charge is 0.410 e. The zero-order valence-corrected chi connectivity index (χ0v) is 12.2. The number of nitrogens with zero attached hydrogens (tertiary/aromatic N) is 1. The largest absolute Gasteiger partial charge is 0.444 e. The van der Waals surface area contributed by atoms with Crippen molar-refractivity contribution in [1.82, 2.24) is 4.90 Å². The molecule has 18 heavy (non-hydrogen) atoms. The van der Waals surface area contributed by atoms with Crippen LogP contribution in [0.5, 0.6) is 0 Å². The first-order valence-corrected chi connectivity index (χ1v) is 7.01. The highest BCUT2D eigenvalue weighted by Gasteiger charge is 2.29. The Morgan fingerprint density at radius 1 is 1.33 bits per heavy atom. The molecule has 106 valence electrons. The van der Waals surface area contributed by atoms with Gasteiger partial charge in [-0.05, 0) is 53.4 Å². The lowest BCUT2D eigenvalue weighted by Gasteiger charge is -2.36. The third-order valence-corrected chi connectivity index (χ3v) is 3.05. The fraction of sp³-hybridized carbons (Fsp3) is 0.929. The summed E-state index contributed by atoms with van der Waals surface area (Å²) in [5.74, 6) is 0. The number of hydrogen-bond acceptors (Lipinski definition) is 3. The topological polar surface area (TPSA) is 38.8 Å². The number of carbonyl (C=O) groups is 1. The first-order valence-electron chi connectivity index (χ1n) is 7.01. The maximum Gasteiger partial charge on any atom is 0.410 e. The van der Waals surface area contributed by atoms with Crippen molar-refractivity contribution in [1.29, 1.82) is 0 Å². The second-order valence-electron chi connectivity index (χ2n) is 5.81. The van der Waals surface area contributed by atoms with Crippen molar-refractivity contribution in [2.24, 2.45) is 0 Å². The van der Waals surface area contributed by atoms with Gasteiger partial charge in [0, 0.05) is 25.8 Å². The van der Waals surface area contributed by atoms with E-state index in [1.54, 1.807) is 0 Å². The number of hydrogen-bond donors (Lipinski definition) is 0. The number of ether oxygens (including phenoxy) is 2.